The quantitative estimate of drug-likeness (QED) is 0.106. The number of aryl methyl sites for hydroxylation is 1. The second-order valence-electron chi connectivity index (χ2n) is 21.9. The molecule has 6 aliphatic rings. The lowest BCUT2D eigenvalue weighted by Crippen LogP contribution is -2.58. The van der Waals surface area contributed by atoms with Gasteiger partial charge in [-0.2, -0.15) is 0 Å². The van der Waals surface area contributed by atoms with E-state index in [0.717, 1.165) is 51.8 Å². The molecule has 4 amide bonds. The van der Waals surface area contributed by atoms with Gasteiger partial charge < -0.3 is 34.3 Å². The van der Waals surface area contributed by atoms with Crippen LogP contribution in [0.1, 0.15) is 103 Å². The molecule has 4 aromatic rings. The van der Waals surface area contributed by atoms with Crippen LogP contribution in [-0.4, -0.2) is 123 Å². The molecule has 16 nitrogen and oxygen atoms in total. The number of ether oxygens (including phenoxy) is 2. The van der Waals surface area contributed by atoms with Crippen LogP contribution >= 0.6 is 0 Å². The van der Waals surface area contributed by atoms with Crippen LogP contribution < -0.4 is 16.1 Å². The molecule has 5 fully saturated rings. The highest BCUT2D eigenvalue weighted by Gasteiger charge is 2.58. The number of nitrogens with one attached hydrogen (secondary N) is 3. The van der Waals surface area contributed by atoms with Crippen LogP contribution in [0.5, 0.6) is 5.75 Å². The number of likely N-dealkylation sites (tertiary alicyclic amines) is 2. The molecule has 2 aromatic carbocycles. The van der Waals surface area contributed by atoms with Gasteiger partial charge in [-0.3, -0.25) is 39.3 Å². The van der Waals surface area contributed by atoms with Gasteiger partial charge in [0.2, 0.25) is 17.7 Å². The fourth-order valence-corrected chi connectivity index (χ4v) is 11.8. The molecule has 5 aliphatic heterocycles. The smallest absolute Gasteiger partial charge is 0.324 e. The zero-order chi connectivity index (χ0) is 50.1. The first-order valence-electron chi connectivity index (χ1n) is 25.6. The highest BCUT2D eigenvalue weighted by atomic mass is 16.5. The third kappa shape index (κ3) is 9.23. The Kier molecular flexibility index (Phi) is 12.9. The molecule has 376 valence electrons. The Morgan fingerprint density at radius 2 is 1.79 bits per heavy atom. The van der Waals surface area contributed by atoms with Gasteiger partial charge in [-0.1, -0.05) is 33.8 Å². The molecule has 10 rings (SSSR count). The maximum Gasteiger partial charge on any atom is 0.324 e. The number of hydrogen-bond acceptors (Lipinski definition) is 11. The first-order valence-corrected chi connectivity index (χ1v) is 25.6. The summed E-state index contributed by atoms with van der Waals surface area (Å²) in [6.45, 7) is 14.2. The van der Waals surface area contributed by atoms with Crippen LogP contribution in [0.15, 0.2) is 60.4 Å². The zero-order valence-corrected chi connectivity index (χ0v) is 42.0. The molecule has 0 radical (unpaired) electrons. The van der Waals surface area contributed by atoms with Gasteiger partial charge in [0.15, 0.2) is 0 Å². The van der Waals surface area contributed by atoms with E-state index in [9.17, 15) is 29.1 Å². The minimum absolute atomic E-state index is 0.0420. The molecular weight excluding hydrogens is 901 g/mol. The highest BCUT2D eigenvalue weighted by Crippen LogP contribution is 2.46. The van der Waals surface area contributed by atoms with Gasteiger partial charge >= 0.3 is 5.97 Å². The van der Waals surface area contributed by atoms with E-state index < -0.39 is 40.7 Å². The number of nitrogens with zero attached hydrogens (tertiary/aromatic N) is 5. The molecule has 71 heavy (non-hydrogen) atoms. The second kappa shape index (κ2) is 18.8. The Hall–Kier alpha value is -6.10. The number of rotatable bonds is 10. The van der Waals surface area contributed by atoms with Crippen molar-refractivity contribution in [3.63, 3.8) is 0 Å². The summed E-state index contributed by atoms with van der Waals surface area (Å²) in [5.74, 6) is -1.51. The average Bonchev–Trinajstić information content (AvgIpc) is 4.27. The Bertz CT molecular complexity index is 2830. The summed E-state index contributed by atoms with van der Waals surface area (Å²) in [6.07, 6.45) is 7.84. The molecule has 16 heteroatoms. The number of aromatic nitrogens is 2. The van der Waals surface area contributed by atoms with Gasteiger partial charge in [0.1, 0.15) is 29.6 Å². The van der Waals surface area contributed by atoms with E-state index in [0.29, 0.717) is 75.3 Å². The standard InChI is InChI=1S/C55H68N8O8/c1-8-61-43-16-15-35-27-39(43)40(48(61)38-11-9-19-56-44(38)32(4)70-7)28-54(5,6)30-71-52(68)41-12-10-20-63(59-41)50(66)42(25-33-23-36(35)26-37(64)24-33)57-49(65)47(31(2)3)62-22-18-55(53(62)69)17-21-60(29-55)51(67)46-45(58-46)34-13-14-34/h9,11,15-16,19,23-27,31-32,34,41,45-47,58-59,64H,8,10,12-14,17-18,20-22,28-30H2,1-7H3,(H,57,65)/b42-25-/t32-,41-,45+,46+,47-,55+/m0/s1. The number of carbonyl (C=O) groups excluding carboxylic acids is 5. The van der Waals surface area contributed by atoms with Crippen LogP contribution in [0.2, 0.25) is 0 Å². The number of esters is 1. The van der Waals surface area contributed by atoms with E-state index in [-0.39, 0.29) is 60.5 Å². The number of carbonyl (C=O) groups is 5. The van der Waals surface area contributed by atoms with Gasteiger partial charge in [-0.25, -0.2) is 5.43 Å². The normalized spacial score (nSPS) is 26.1. The Morgan fingerprint density at radius 3 is 2.54 bits per heavy atom. The maximum atomic E-state index is 14.8. The van der Waals surface area contributed by atoms with Crippen molar-refractivity contribution in [1.29, 1.82) is 0 Å². The third-order valence-electron chi connectivity index (χ3n) is 15.8. The van der Waals surface area contributed by atoms with Crippen molar-refractivity contribution >= 4 is 46.6 Å². The van der Waals surface area contributed by atoms with E-state index in [1.54, 1.807) is 30.3 Å². The monoisotopic (exact) mass is 969 g/mol. The SMILES string of the molecule is CCn1c(-c2cccnc2[C@H](C)OC)c2c3cc(ccc31)-c1cc(O)cc(c1)/C=C(\NC(=O)[C@H](C(C)C)N1CC[C@@]3(CCN(C(=O)[C@@H]4N[C@@H]4C4CC4)C3)C1=O)C(=O)N1CCC[C@H](N1)C(=O)OCC(C)(C)C2. The number of cyclic esters (lactones) is 1. The lowest BCUT2D eigenvalue weighted by Gasteiger charge is -2.35. The lowest BCUT2D eigenvalue weighted by molar-refractivity contribution is -0.154. The van der Waals surface area contributed by atoms with Crippen molar-refractivity contribution in [3.8, 4) is 28.1 Å². The van der Waals surface area contributed by atoms with E-state index >= 15 is 0 Å². The minimum atomic E-state index is -0.931. The second-order valence-corrected chi connectivity index (χ2v) is 21.9. The van der Waals surface area contributed by atoms with Gasteiger partial charge in [-0.05, 0) is 141 Å². The number of aromatic hydroxyl groups is 1. The predicted octanol–water partition coefficient (Wildman–Crippen LogP) is 6.11. The summed E-state index contributed by atoms with van der Waals surface area (Å²) in [5.41, 5.74) is 8.45. The fraction of sp³-hybridized carbons (Fsp3) is 0.527. The number of fused-ring (bicyclic) bond motifs is 6. The minimum Gasteiger partial charge on any atom is -0.508 e. The Morgan fingerprint density at radius 1 is 1.00 bits per heavy atom. The van der Waals surface area contributed by atoms with E-state index in [4.69, 9.17) is 14.5 Å². The molecule has 0 unspecified atom stereocenters. The summed E-state index contributed by atoms with van der Waals surface area (Å²) >= 11 is 0. The number of hydrazine groups is 1. The first-order chi connectivity index (χ1) is 34.0. The van der Waals surface area contributed by atoms with Crippen molar-refractivity contribution in [3.05, 3.63) is 77.2 Å². The van der Waals surface area contributed by atoms with Crippen LogP contribution in [0.3, 0.4) is 0 Å². The number of pyridine rings is 1. The van der Waals surface area contributed by atoms with Crippen LogP contribution in [-0.2, 0) is 46.4 Å². The Balaban J connectivity index is 1.02. The lowest BCUT2D eigenvalue weighted by atomic mass is 9.84. The van der Waals surface area contributed by atoms with E-state index in [1.807, 2.05) is 43.9 Å². The number of hydrogen-bond donors (Lipinski definition) is 4. The van der Waals surface area contributed by atoms with Crippen molar-refractivity contribution in [2.45, 2.75) is 123 Å². The largest absolute Gasteiger partial charge is 0.508 e. The van der Waals surface area contributed by atoms with Crippen LogP contribution in [0, 0.1) is 22.7 Å². The molecule has 7 heterocycles. The molecule has 4 saturated heterocycles. The Labute approximate surface area is 415 Å². The van der Waals surface area contributed by atoms with Crippen molar-refractivity contribution in [2.75, 3.05) is 39.9 Å². The van der Waals surface area contributed by atoms with Crippen LogP contribution in [0.4, 0.5) is 0 Å². The number of benzene rings is 2. The topological polar surface area (TPSA) is 198 Å². The summed E-state index contributed by atoms with van der Waals surface area (Å²) in [4.78, 5) is 80.0. The van der Waals surface area contributed by atoms with Crippen LogP contribution in [0.25, 0.3) is 39.4 Å². The summed E-state index contributed by atoms with van der Waals surface area (Å²) < 4.78 is 14.2. The third-order valence-corrected chi connectivity index (χ3v) is 15.8. The average molecular weight is 969 g/mol. The first kappa shape index (κ1) is 48.5. The van der Waals surface area contributed by atoms with E-state index in [2.05, 4.69) is 59.6 Å². The summed E-state index contributed by atoms with van der Waals surface area (Å²) in [5, 5.41) is 20.0. The van der Waals surface area contributed by atoms with E-state index in [1.165, 1.54) is 11.1 Å². The number of methoxy groups -OCH3 is 1. The molecule has 1 aliphatic carbocycles. The fourth-order valence-electron chi connectivity index (χ4n) is 11.8. The van der Waals surface area contributed by atoms with Gasteiger partial charge in [0.25, 0.3) is 5.91 Å². The highest BCUT2D eigenvalue weighted by molar-refractivity contribution is 6.03. The molecule has 1 saturated carbocycles. The zero-order valence-electron chi connectivity index (χ0n) is 42.0. The number of phenolic OH excluding ortho intramolecular Hbond substituents is 1. The van der Waals surface area contributed by atoms with Gasteiger partial charge in [-0.15, -0.1) is 0 Å². The van der Waals surface area contributed by atoms with Gasteiger partial charge in [0.05, 0.1) is 29.5 Å². The predicted molar refractivity (Wildman–Crippen MR) is 268 cm³/mol. The van der Waals surface area contributed by atoms with Crippen molar-refractivity contribution in [1.82, 2.24) is 40.4 Å². The molecule has 1 spiro atoms. The molecule has 6 atom stereocenters. The molecule has 2 aromatic heterocycles. The summed E-state index contributed by atoms with van der Waals surface area (Å²) in [7, 11) is 1.67. The van der Waals surface area contributed by atoms with Crippen molar-refractivity contribution < 1.29 is 38.6 Å². The van der Waals surface area contributed by atoms with Gasteiger partial charge in [0, 0.05) is 74.0 Å². The molecular formula is C55H68N8O8. The van der Waals surface area contributed by atoms with Crippen molar-refractivity contribution in [2.24, 2.45) is 22.7 Å². The molecule has 6 bridgehead atoms. The maximum absolute atomic E-state index is 14.8. The number of phenols is 1. The summed E-state index contributed by atoms with van der Waals surface area (Å²) in [6, 6.07) is 13.6. The number of amides is 4. The molecule has 4 N–H and O–H groups in total.